The lowest BCUT2D eigenvalue weighted by Crippen LogP contribution is -2.54. The molecule has 1 fully saturated rings. The van der Waals surface area contributed by atoms with Crippen LogP contribution in [0.5, 0.6) is 0 Å². The van der Waals surface area contributed by atoms with Gasteiger partial charge in [-0.2, -0.15) is 8.42 Å². The maximum absolute atomic E-state index is 11.2. The Morgan fingerprint density at radius 1 is 1.04 bits per heavy atom. The molecule has 1 atom stereocenters. The Morgan fingerprint density at radius 2 is 1.61 bits per heavy atom. The summed E-state index contributed by atoms with van der Waals surface area (Å²) in [6.45, 7) is 1.20. The molecule has 0 saturated carbocycles. The van der Waals surface area contributed by atoms with E-state index in [4.69, 9.17) is 4.18 Å². The highest BCUT2D eigenvalue weighted by Crippen LogP contribution is 2.33. The molecule has 0 bridgehead atoms. The molecule has 0 N–H and O–H groups in total. The Bertz CT molecular complexity index is 756. The van der Waals surface area contributed by atoms with Crippen LogP contribution in [0.15, 0.2) is 59.1 Å². The van der Waals surface area contributed by atoms with E-state index >= 15 is 0 Å². The summed E-state index contributed by atoms with van der Waals surface area (Å²) in [4.78, 5) is 2.23. The van der Waals surface area contributed by atoms with Crippen LogP contribution in [0.3, 0.4) is 0 Å². The molecule has 122 valence electrons. The predicted molar refractivity (Wildman–Crippen MR) is 93.7 cm³/mol. The fourth-order valence-corrected chi connectivity index (χ4v) is 3.76. The molecule has 6 heteroatoms. The van der Waals surface area contributed by atoms with Crippen LogP contribution >= 0.6 is 15.9 Å². The molecule has 3 rings (SSSR count). The molecule has 0 aliphatic carbocycles. The zero-order valence-corrected chi connectivity index (χ0v) is 15.1. The second kappa shape index (κ2) is 6.73. The first kappa shape index (κ1) is 16.6. The third-order valence-electron chi connectivity index (χ3n) is 3.85. The van der Waals surface area contributed by atoms with Gasteiger partial charge in [-0.3, -0.25) is 9.08 Å². The molecule has 1 saturated heterocycles. The van der Waals surface area contributed by atoms with Crippen molar-refractivity contribution in [1.29, 1.82) is 0 Å². The minimum atomic E-state index is -3.40. The monoisotopic (exact) mass is 395 g/mol. The van der Waals surface area contributed by atoms with Crippen molar-refractivity contribution in [1.82, 2.24) is 4.90 Å². The fourth-order valence-electron chi connectivity index (χ4n) is 2.88. The molecule has 0 unspecified atom stereocenters. The Morgan fingerprint density at radius 3 is 2.17 bits per heavy atom. The van der Waals surface area contributed by atoms with E-state index in [9.17, 15) is 8.42 Å². The smallest absolute Gasteiger partial charge is 0.264 e. The first-order chi connectivity index (χ1) is 10.9. The summed E-state index contributed by atoms with van der Waals surface area (Å²) in [6, 6.07) is 18.5. The SMILES string of the molecule is CS(=O)(=O)OC1CN([C@H](c2ccccc2)c2ccc(Br)cc2)C1. The van der Waals surface area contributed by atoms with Gasteiger partial charge >= 0.3 is 0 Å². The van der Waals surface area contributed by atoms with Gasteiger partial charge < -0.3 is 0 Å². The van der Waals surface area contributed by atoms with Gasteiger partial charge in [0, 0.05) is 17.6 Å². The topological polar surface area (TPSA) is 46.6 Å². The molecule has 0 amide bonds. The van der Waals surface area contributed by atoms with Crippen LogP contribution < -0.4 is 0 Å². The summed E-state index contributed by atoms with van der Waals surface area (Å²) >= 11 is 3.46. The summed E-state index contributed by atoms with van der Waals surface area (Å²) < 4.78 is 28.6. The first-order valence-corrected chi connectivity index (χ1v) is 9.96. The number of likely N-dealkylation sites (tertiary alicyclic amines) is 1. The maximum atomic E-state index is 11.2. The highest BCUT2D eigenvalue weighted by Gasteiger charge is 2.36. The predicted octanol–water partition coefficient (Wildman–Crippen LogP) is 3.20. The van der Waals surface area contributed by atoms with Gasteiger partial charge in [0.05, 0.1) is 12.3 Å². The largest absolute Gasteiger partial charge is 0.287 e. The van der Waals surface area contributed by atoms with Gasteiger partial charge in [0.1, 0.15) is 6.10 Å². The zero-order chi connectivity index (χ0) is 16.4. The quantitative estimate of drug-likeness (QED) is 0.729. The first-order valence-electron chi connectivity index (χ1n) is 7.35. The summed E-state index contributed by atoms with van der Waals surface area (Å²) in [7, 11) is -3.40. The van der Waals surface area contributed by atoms with Crippen LogP contribution in [0.1, 0.15) is 17.2 Å². The number of rotatable bonds is 5. The van der Waals surface area contributed by atoms with Crippen molar-refractivity contribution in [3.05, 3.63) is 70.2 Å². The van der Waals surface area contributed by atoms with E-state index in [1.807, 2.05) is 30.3 Å². The van der Waals surface area contributed by atoms with Gasteiger partial charge in [0.15, 0.2) is 0 Å². The van der Waals surface area contributed by atoms with Crippen LogP contribution in [-0.2, 0) is 14.3 Å². The molecule has 2 aromatic rings. The average molecular weight is 396 g/mol. The van der Waals surface area contributed by atoms with Gasteiger partial charge in [0.25, 0.3) is 10.1 Å². The second-order valence-corrected chi connectivity index (χ2v) is 8.26. The van der Waals surface area contributed by atoms with Crippen molar-refractivity contribution in [2.24, 2.45) is 0 Å². The van der Waals surface area contributed by atoms with Crippen LogP contribution in [0, 0.1) is 0 Å². The van der Waals surface area contributed by atoms with Crippen molar-refractivity contribution >= 4 is 26.0 Å². The zero-order valence-electron chi connectivity index (χ0n) is 12.7. The lowest BCUT2D eigenvalue weighted by Gasteiger charge is -2.43. The van der Waals surface area contributed by atoms with Gasteiger partial charge in [-0.05, 0) is 23.3 Å². The molecular formula is C17H18BrNO3S. The van der Waals surface area contributed by atoms with E-state index in [0.717, 1.165) is 10.7 Å². The van der Waals surface area contributed by atoms with E-state index in [1.165, 1.54) is 11.1 Å². The van der Waals surface area contributed by atoms with Crippen LogP contribution in [0.2, 0.25) is 0 Å². The molecule has 0 radical (unpaired) electrons. The van der Waals surface area contributed by atoms with Crippen molar-refractivity contribution in [3.63, 3.8) is 0 Å². The maximum Gasteiger partial charge on any atom is 0.264 e. The van der Waals surface area contributed by atoms with Crippen LogP contribution in [-0.4, -0.2) is 38.8 Å². The Balaban J connectivity index is 1.82. The number of hydrogen-bond acceptors (Lipinski definition) is 4. The van der Waals surface area contributed by atoms with E-state index in [0.29, 0.717) is 13.1 Å². The lowest BCUT2D eigenvalue weighted by molar-refractivity contribution is 0.00475. The van der Waals surface area contributed by atoms with Gasteiger partial charge in [-0.15, -0.1) is 0 Å². The third-order valence-corrected chi connectivity index (χ3v) is 5.00. The van der Waals surface area contributed by atoms with E-state index in [2.05, 4.69) is 45.1 Å². The highest BCUT2D eigenvalue weighted by atomic mass is 79.9. The number of hydrogen-bond donors (Lipinski definition) is 0. The molecule has 23 heavy (non-hydrogen) atoms. The van der Waals surface area contributed by atoms with Crippen molar-refractivity contribution < 1.29 is 12.6 Å². The molecule has 0 spiro atoms. The summed E-state index contributed by atoms with van der Waals surface area (Å²) in [5.74, 6) is 0. The lowest BCUT2D eigenvalue weighted by atomic mass is 9.94. The van der Waals surface area contributed by atoms with Gasteiger partial charge in [-0.1, -0.05) is 58.4 Å². The van der Waals surface area contributed by atoms with Crippen molar-refractivity contribution in [3.8, 4) is 0 Å². The average Bonchev–Trinajstić information content (AvgIpc) is 2.47. The molecule has 4 nitrogen and oxygen atoms in total. The molecular weight excluding hydrogens is 378 g/mol. The summed E-state index contributed by atoms with van der Waals surface area (Å²) in [5, 5.41) is 0. The second-order valence-electron chi connectivity index (χ2n) is 5.74. The molecule has 1 heterocycles. The third kappa shape index (κ3) is 4.20. The number of benzene rings is 2. The molecule has 1 aliphatic rings. The molecule has 1 aliphatic heterocycles. The summed E-state index contributed by atoms with van der Waals surface area (Å²) in [6.07, 6.45) is 0.839. The number of halogens is 1. The Labute approximate surface area is 145 Å². The van der Waals surface area contributed by atoms with Gasteiger partial charge in [-0.25, -0.2) is 0 Å². The van der Waals surface area contributed by atoms with Crippen molar-refractivity contribution in [2.45, 2.75) is 12.1 Å². The van der Waals surface area contributed by atoms with E-state index < -0.39 is 10.1 Å². The Hall–Kier alpha value is -1.21. The molecule has 0 aromatic heterocycles. The van der Waals surface area contributed by atoms with E-state index in [-0.39, 0.29) is 12.1 Å². The standard InChI is InChI=1S/C17H18BrNO3S/c1-23(20,21)22-16-11-19(12-16)17(13-5-3-2-4-6-13)14-7-9-15(18)10-8-14/h2-10,16-17H,11-12H2,1H3/t17-/m1/s1. The van der Waals surface area contributed by atoms with Crippen LogP contribution in [0.4, 0.5) is 0 Å². The fraction of sp³-hybridized carbons (Fsp3) is 0.294. The minimum Gasteiger partial charge on any atom is -0.287 e. The highest BCUT2D eigenvalue weighted by molar-refractivity contribution is 9.10. The van der Waals surface area contributed by atoms with E-state index in [1.54, 1.807) is 0 Å². The van der Waals surface area contributed by atoms with Crippen molar-refractivity contribution in [2.75, 3.05) is 19.3 Å². The number of nitrogens with zero attached hydrogens (tertiary/aromatic N) is 1. The molecule has 2 aromatic carbocycles. The Kier molecular flexibility index (Phi) is 4.87. The minimum absolute atomic E-state index is 0.101. The normalized spacial score (nSPS) is 17.7. The summed E-state index contributed by atoms with van der Waals surface area (Å²) in [5.41, 5.74) is 2.37. The van der Waals surface area contributed by atoms with Crippen LogP contribution in [0.25, 0.3) is 0 Å². The van der Waals surface area contributed by atoms with Gasteiger partial charge in [0.2, 0.25) is 0 Å².